The van der Waals surface area contributed by atoms with Gasteiger partial charge < -0.3 is 15.7 Å². The maximum Gasteiger partial charge on any atom is 0.416 e. The van der Waals surface area contributed by atoms with Crippen LogP contribution < -0.4 is 10.6 Å². The molecule has 3 N–H and O–H groups in total. The molecule has 0 aliphatic rings. The largest absolute Gasteiger partial charge is 0.416 e. The number of benzene rings is 1. The van der Waals surface area contributed by atoms with Gasteiger partial charge in [-0.05, 0) is 31.1 Å². The molecule has 1 aromatic carbocycles. The van der Waals surface area contributed by atoms with Crippen molar-refractivity contribution in [3.8, 4) is 0 Å². The summed E-state index contributed by atoms with van der Waals surface area (Å²) in [4.78, 5) is 0. The van der Waals surface area contributed by atoms with E-state index in [1.54, 1.807) is 6.07 Å². The fourth-order valence-electron chi connectivity index (χ4n) is 1.72. The third-order valence-electron chi connectivity index (χ3n) is 2.63. The number of alkyl halides is 3. The van der Waals surface area contributed by atoms with E-state index in [1.165, 1.54) is 12.1 Å². The van der Waals surface area contributed by atoms with Gasteiger partial charge in [-0.15, -0.1) is 24.8 Å². The Morgan fingerprint density at radius 3 is 2.19 bits per heavy atom. The van der Waals surface area contributed by atoms with E-state index in [-0.39, 0.29) is 43.5 Å². The maximum atomic E-state index is 12.7. The molecule has 0 heterocycles. The molecule has 0 fully saturated rings. The van der Waals surface area contributed by atoms with Crippen molar-refractivity contribution in [1.82, 2.24) is 10.6 Å². The van der Waals surface area contributed by atoms with Crippen LogP contribution in [0.2, 0.25) is 0 Å². The Balaban J connectivity index is 0. The monoisotopic (exact) mass is 348 g/mol. The van der Waals surface area contributed by atoms with Crippen LogP contribution in [0.4, 0.5) is 13.2 Å². The highest BCUT2D eigenvalue weighted by Gasteiger charge is 2.32. The van der Waals surface area contributed by atoms with Crippen molar-refractivity contribution in [1.29, 1.82) is 0 Å². The van der Waals surface area contributed by atoms with Crippen molar-refractivity contribution in [3.63, 3.8) is 0 Å². The summed E-state index contributed by atoms with van der Waals surface area (Å²) in [5.74, 6) is 0. The first-order valence-corrected chi connectivity index (χ1v) is 6.23. The van der Waals surface area contributed by atoms with E-state index >= 15 is 0 Å². The van der Waals surface area contributed by atoms with Crippen molar-refractivity contribution in [2.24, 2.45) is 0 Å². The molecule has 0 aliphatic heterocycles. The first-order chi connectivity index (χ1) is 9.05. The van der Waals surface area contributed by atoms with Gasteiger partial charge in [0, 0.05) is 13.1 Å². The summed E-state index contributed by atoms with van der Waals surface area (Å²) in [5.41, 5.74) is -0.320. The molecule has 0 saturated heterocycles. The van der Waals surface area contributed by atoms with Gasteiger partial charge in [0.1, 0.15) is 0 Å². The summed E-state index contributed by atoms with van der Waals surface area (Å²) in [7, 11) is 0. The van der Waals surface area contributed by atoms with Crippen molar-refractivity contribution < 1.29 is 18.3 Å². The first-order valence-electron chi connectivity index (χ1n) is 6.23. The van der Waals surface area contributed by atoms with E-state index in [9.17, 15) is 13.2 Å². The summed E-state index contributed by atoms with van der Waals surface area (Å²) < 4.78 is 38.1. The molecule has 0 aromatic heterocycles. The zero-order chi connectivity index (χ0) is 14.1. The third kappa shape index (κ3) is 9.16. The first kappa shape index (κ1) is 22.7. The second kappa shape index (κ2) is 12.1. The highest BCUT2D eigenvalue weighted by molar-refractivity contribution is 5.85. The average molecular weight is 349 g/mol. The number of hydrogen-bond acceptors (Lipinski definition) is 3. The second-order valence-corrected chi connectivity index (χ2v) is 4.16. The lowest BCUT2D eigenvalue weighted by Crippen LogP contribution is -2.24. The molecule has 0 aliphatic carbocycles. The lowest BCUT2D eigenvalue weighted by atomic mass is 10.1. The number of rotatable bonds is 8. The van der Waals surface area contributed by atoms with Crippen molar-refractivity contribution in [2.75, 3.05) is 26.2 Å². The van der Waals surface area contributed by atoms with Crippen molar-refractivity contribution in [3.05, 3.63) is 35.4 Å². The van der Waals surface area contributed by atoms with E-state index in [2.05, 4.69) is 10.6 Å². The average Bonchev–Trinajstić information content (AvgIpc) is 2.37. The zero-order valence-corrected chi connectivity index (χ0v) is 13.1. The van der Waals surface area contributed by atoms with Gasteiger partial charge in [0.15, 0.2) is 0 Å². The number of hydrogen-bond donors (Lipinski definition) is 3. The Hall–Kier alpha value is -0.530. The van der Waals surface area contributed by atoms with Crippen LogP contribution in [0.25, 0.3) is 0 Å². The molecule has 0 bridgehead atoms. The Bertz CT molecular complexity index is 379. The number of nitrogens with one attached hydrogen (secondary N) is 2. The molecule has 124 valence electrons. The highest BCUT2D eigenvalue weighted by atomic mass is 35.5. The second-order valence-electron chi connectivity index (χ2n) is 4.16. The van der Waals surface area contributed by atoms with Crippen LogP contribution in [0, 0.1) is 0 Å². The highest BCUT2D eigenvalue weighted by Crippen LogP contribution is 2.31. The van der Waals surface area contributed by atoms with Gasteiger partial charge in [-0.1, -0.05) is 18.2 Å². The summed E-state index contributed by atoms with van der Waals surface area (Å²) in [6.45, 7) is 2.19. The smallest absolute Gasteiger partial charge is 0.395 e. The molecular formula is C13H21Cl2F3N2O. The summed E-state index contributed by atoms with van der Waals surface area (Å²) in [6, 6.07) is 5.58. The molecule has 1 rings (SSSR count). The Kier molecular flexibility index (Phi) is 13.1. The van der Waals surface area contributed by atoms with Crippen LogP contribution in [0.3, 0.4) is 0 Å². The van der Waals surface area contributed by atoms with E-state index in [4.69, 9.17) is 5.11 Å². The Morgan fingerprint density at radius 1 is 0.952 bits per heavy atom. The Labute approximate surface area is 135 Å². The topological polar surface area (TPSA) is 44.3 Å². The molecular weight excluding hydrogens is 328 g/mol. The van der Waals surface area contributed by atoms with Crippen LogP contribution >= 0.6 is 24.8 Å². The normalized spacial score (nSPS) is 10.7. The lowest BCUT2D eigenvalue weighted by molar-refractivity contribution is -0.138. The summed E-state index contributed by atoms with van der Waals surface area (Å²) >= 11 is 0. The van der Waals surface area contributed by atoms with E-state index in [1.807, 2.05) is 0 Å². The molecule has 1 aromatic rings. The molecule has 0 unspecified atom stereocenters. The van der Waals surface area contributed by atoms with Crippen LogP contribution in [0.1, 0.15) is 17.5 Å². The zero-order valence-electron chi connectivity index (χ0n) is 11.4. The third-order valence-corrected chi connectivity index (χ3v) is 2.63. The van der Waals surface area contributed by atoms with E-state index in [0.29, 0.717) is 13.1 Å². The quantitative estimate of drug-likeness (QED) is 0.632. The minimum atomic E-state index is -4.30. The van der Waals surface area contributed by atoms with Gasteiger partial charge in [0.05, 0.1) is 12.2 Å². The van der Waals surface area contributed by atoms with Gasteiger partial charge in [-0.3, -0.25) is 0 Å². The van der Waals surface area contributed by atoms with E-state index < -0.39 is 11.7 Å². The van der Waals surface area contributed by atoms with Gasteiger partial charge >= 0.3 is 6.18 Å². The molecule has 0 atom stereocenters. The predicted octanol–water partition coefficient (Wildman–Crippen LogP) is 2.61. The van der Waals surface area contributed by atoms with Crippen LogP contribution in [0.5, 0.6) is 0 Å². The minimum absolute atomic E-state index is 0. The van der Waals surface area contributed by atoms with Gasteiger partial charge in [-0.25, -0.2) is 0 Å². The van der Waals surface area contributed by atoms with Crippen LogP contribution in [0.15, 0.2) is 24.3 Å². The minimum Gasteiger partial charge on any atom is -0.395 e. The molecule has 0 amide bonds. The number of aliphatic hydroxyl groups is 1. The standard InChI is InChI=1S/C13H19F3N2O.2ClH/c14-13(15,16)12-5-2-1-4-11(12)10-18-7-3-6-17-8-9-19;;/h1-2,4-5,17-19H,3,6-10H2;2*1H. The van der Waals surface area contributed by atoms with Crippen molar-refractivity contribution >= 4 is 24.8 Å². The van der Waals surface area contributed by atoms with Crippen molar-refractivity contribution in [2.45, 2.75) is 19.1 Å². The fraction of sp³-hybridized carbons (Fsp3) is 0.538. The summed E-state index contributed by atoms with van der Waals surface area (Å²) in [6.07, 6.45) is -3.50. The molecule has 0 saturated carbocycles. The SMILES string of the molecule is Cl.Cl.OCCNCCCNCc1ccccc1C(F)(F)F. The molecule has 3 nitrogen and oxygen atoms in total. The maximum absolute atomic E-state index is 12.7. The molecule has 21 heavy (non-hydrogen) atoms. The molecule has 0 spiro atoms. The number of aliphatic hydroxyl groups excluding tert-OH is 1. The summed E-state index contributed by atoms with van der Waals surface area (Å²) in [5, 5.41) is 14.5. The predicted molar refractivity (Wildman–Crippen MR) is 82.2 cm³/mol. The number of halogens is 5. The van der Waals surface area contributed by atoms with Gasteiger partial charge in [0.25, 0.3) is 0 Å². The molecule has 0 radical (unpaired) electrons. The molecule has 8 heteroatoms. The Morgan fingerprint density at radius 2 is 1.57 bits per heavy atom. The van der Waals surface area contributed by atoms with Gasteiger partial charge in [0.2, 0.25) is 0 Å². The fourth-order valence-corrected chi connectivity index (χ4v) is 1.72. The van der Waals surface area contributed by atoms with Crippen LogP contribution in [-0.4, -0.2) is 31.3 Å². The van der Waals surface area contributed by atoms with E-state index in [0.717, 1.165) is 19.0 Å². The van der Waals surface area contributed by atoms with Gasteiger partial charge in [-0.2, -0.15) is 13.2 Å². The lowest BCUT2D eigenvalue weighted by Gasteiger charge is -2.13. The van der Waals surface area contributed by atoms with Crippen LogP contribution in [-0.2, 0) is 12.7 Å².